The van der Waals surface area contributed by atoms with Crippen molar-refractivity contribution in [2.45, 2.75) is 18.8 Å². The lowest BCUT2D eigenvalue weighted by Crippen LogP contribution is -2.30. The molecule has 7 nitrogen and oxygen atoms in total. The number of nitrogens with zero attached hydrogens (tertiary/aromatic N) is 4. The van der Waals surface area contributed by atoms with E-state index in [4.69, 9.17) is 7.85 Å². The molecule has 2 heterocycles. The SMILES string of the molecule is [B]c1cnn2c(NCCCN(C)C(=O)[C@@H]3C[C@H]3c3ccccc3)cc(-c3ccccc3O)nc12. The summed E-state index contributed by atoms with van der Waals surface area (Å²) in [5.41, 5.74) is 3.46. The lowest BCUT2D eigenvalue weighted by atomic mass is 10.0. The standard InChI is InChI=1S/C26H26BN5O2/c1-31(26(34)20-14-19(20)17-8-3-2-4-9-17)13-7-12-28-24-15-22(18-10-5-6-11-23(18)33)30-25-21(27)16-29-32(24)25/h2-6,8-11,15-16,19-20,28,33H,7,12-14H2,1H3/t19-,20+/m0/s1. The minimum Gasteiger partial charge on any atom is -0.507 e. The molecule has 5 rings (SSSR count). The van der Waals surface area contributed by atoms with Crippen LogP contribution >= 0.6 is 0 Å². The molecule has 1 amide bonds. The zero-order chi connectivity index (χ0) is 23.7. The molecule has 1 saturated carbocycles. The third kappa shape index (κ3) is 4.36. The molecule has 8 heteroatoms. The van der Waals surface area contributed by atoms with E-state index < -0.39 is 0 Å². The Kier molecular flexibility index (Phi) is 5.96. The van der Waals surface area contributed by atoms with Crippen molar-refractivity contribution in [1.82, 2.24) is 19.5 Å². The van der Waals surface area contributed by atoms with Crippen molar-refractivity contribution in [3.63, 3.8) is 0 Å². The summed E-state index contributed by atoms with van der Waals surface area (Å²) in [6, 6.07) is 19.2. The molecule has 1 aliphatic carbocycles. The van der Waals surface area contributed by atoms with Crippen molar-refractivity contribution in [2.24, 2.45) is 5.92 Å². The third-order valence-electron chi connectivity index (χ3n) is 6.37. The summed E-state index contributed by atoms with van der Waals surface area (Å²) in [4.78, 5) is 19.2. The molecule has 170 valence electrons. The lowest BCUT2D eigenvalue weighted by molar-refractivity contribution is -0.131. The number of aromatic hydroxyl groups is 1. The van der Waals surface area contributed by atoms with Gasteiger partial charge in [0.15, 0.2) is 5.65 Å². The van der Waals surface area contributed by atoms with Gasteiger partial charge in [-0.2, -0.15) is 9.61 Å². The van der Waals surface area contributed by atoms with E-state index in [2.05, 4.69) is 27.5 Å². The quantitative estimate of drug-likeness (QED) is 0.318. The number of carbonyl (C=O) groups is 1. The van der Waals surface area contributed by atoms with E-state index in [-0.39, 0.29) is 17.6 Å². The molecule has 0 bridgehead atoms. The molecule has 0 unspecified atom stereocenters. The van der Waals surface area contributed by atoms with Crippen LogP contribution in [0.4, 0.5) is 5.82 Å². The minimum atomic E-state index is 0.0911. The first-order chi connectivity index (χ1) is 16.5. The maximum atomic E-state index is 12.8. The minimum absolute atomic E-state index is 0.0911. The number of anilines is 1. The van der Waals surface area contributed by atoms with E-state index in [1.165, 1.54) is 5.56 Å². The van der Waals surface area contributed by atoms with Gasteiger partial charge in [-0.3, -0.25) is 4.79 Å². The number of rotatable bonds is 8. The second kappa shape index (κ2) is 9.21. The van der Waals surface area contributed by atoms with E-state index in [0.29, 0.717) is 41.4 Å². The van der Waals surface area contributed by atoms with Gasteiger partial charge in [0, 0.05) is 43.9 Å². The summed E-state index contributed by atoms with van der Waals surface area (Å²) in [6.07, 6.45) is 3.26. The number of fused-ring (bicyclic) bond motifs is 1. The predicted molar refractivity (Wildman–Crippen MR) is 134 cm³/mol. The number of benzene rings is 2. The number of nitrogens with one attached hydrogen (secondary N) is 1. The lowest BCUT2D eigenvalue weighted by Gasteiger charge is -2.18. The number of phenolic OH excluding ortho intramolecular Hbond substituents is 1. The number of aromatic nitrogens is 3. The Labute approximate surface area is 199 Å². The molecule has 2 radical (unpaired) electrons. The van der Waals surface area contributed by atoms with Crippen LogP contribution in [-0.2, 0) is 4.79 Å². The largest absolute Gasteiger partial charge is 0.507 e. The highest BCUT2D eigenvalue weighted by Crippen LogP contribution is 2.48. The van der Waals surface area contributed by atoms with Crippen molar-refractivity contribution in [1.29, 1.82) is 0 Å². The highest BCUT2D eigenvalue weighted by Gasteiger charge is 2.44. The Balaban J connectivity index is 1.22. The fraction of sp³-hybridized carbons (Fsp3) is 0.269. The molecule has 34 heavy (non-hydrogen) atoms. The molecule has 1 aliphatic rings. The molecule has 2 atom stereocenters. The number of phenols is 1. The summed E-state index contributed by atoms with van der Waals surface area (Å²) in [6.45, 7) is 1.30. The van der Waals surface area contributed by atoms with Gasteiger partial charge in [0.1, 0.15) is 19.4 Å². The molecule has 0 saturated heterocycles. The van der Waals surface area contributed by atoms with Crippen molar-refractivity contribution in [3.8, 4) is 17.0 Å². The second-order valence-corrected chi connectivity index (χ2v) is 8.78. The first-order valence-corrected chi connectivity index (χ1v) is 11.5. The van der Waals surface area contributed by atoms with Gasteiger partial charge in [-0.1, -0.05) is 42.5 Å². The third-order valence-corrected chi connectivity index (χ3v) is 6.37. The van der Waals surface area contributed by atoms with Crippen LogP contribution < -0.4 is 10.8 Å². The fourth-order valence-electron chi connectivity index (χ4n) is 4.40. The molecular weight excluding hydrogens is 425 g/mol. The number of hydrogen-bond donors (Lipinski definition) is 2. The van der Waals surface area contributed by atoms with E-state index in [1.54, 1.807) is 22.8 Å². The van der Waals surface area contributed by atoms with Gasteiger partial charge in [-0.05, 0) is 41.9 Å². The molecule has 0 aliphatic heterocycles. The van der Waals surface area contributed by atoms with E-state index in [0.717, 1.165) is 18.7 Å². The maximum absolute atomic E-state index is 12.8. The monoisotopic (exact) mass is 451 g/mol. The van der Waals surface area contributed by atoms with Gasteiger partial charge >= 0.3 is 0 Å². The van der Waals surface area contributed by atoms with Gasteiger partial charge in [0.05, 0.1) is 5.69 Å². The summed E-state index contributed by atoms with van der Waals surface area (Å²) in [5.74, 6) is 1.52. The predicted octanol–water partition coefficient (Wildman–Crippen LogP) is 2.96. The van der Waals surface area contributed by atoms with Gasteiger partial charge in [0.2, 0.25) is 5.91 Å². The van der Waals surface area contributed by atoms with Crippen LogP contribution in [0, 0.1) is 5.92 Å². The van der Waals surface area contributed by atoms with Gasteiger partial charge < -0.3 is 15.3 Å². The van der Waals surface area contributed by atoms with Crippen LogP contribution in [-0.4, -0.2) is 58.5 Å². The van der Waals surface area contributed by atoms with Crippen LogP contribution in [0.3, 0.4) is 0 Å². The molecule has 0 spiro atoms. The number of amides is 1. The maximum Gasteiger partial charge on any atom is 0.226 e. The molecular formula is C26H26BN5O2. The van der Waals surface area contributed by atoms with Gasteiger partial charge in [-0.15, -0.1) is 0 Å². The van der Waals surface area contributed by atoms with Crippen LogP contribution in [0.5, 0.6) is 5.75 Å². The van der Waals surface area contributed by atoms with Crippen LogP contribution in [0.25, 0.3) is 16.9 Å². The van der Waals surface area contributed by atoms with Gasteiger partial charge in [-0.25, -0.2) is 4.98 Å². The fourth-order valence-corrected chi connectivity index (χ4v) is 4.40. The number of para-hydroxylation sites is 1. The van der Waals surface area contributed by atoms with Crippen molar-refractivity contribution in [3.05, 3.63) is 72.4 Å². The van der Waals surface area contributed by atoms with Crippen molar-refractivity contribution >= 4 is 30.7 Å². The molecule has 2 N–H and O–H groups in total. The highest BCUT2D eigenvalue weighted by molar-refractivity contribution is 6.36. The Bertz CT molecular complexity index is 1320. The van der Waals surface area contributed by atoms with Crippen LogP contribution in [0.15, 0.2) is 66.9 Å². The smallest absolute Gasteiger partial charge is 0.226 e. The van der Waals surface area contributed by atoms with E-state index in [9.17, 15) is 9.90 Å². The molecule has 1 fully saturated rings. The Morgan fingerprint density at radius 3 is 2.76 bits per heavy atom. The summed E-state index contributed by atoms with van der Waals surface area (Å²) >= 11 is 0. The first-order valence-electron chi connectivity index (χ1n) is 11.5. The van der Waals surface area contributed by atoms with Crippen LogP contribution in [0.1, 0.15) is 24.3 Å². The number of carbonyl (C=O) groups excluding carboxylic acids is 1. The number of hydrogen-bond acceptors (Lipinski definition) is 5. The van der Waals surface area contributed by atoms with Crippen LogP contribution in [0.2, 0.25) is 0 Å². The highest BCUT2D eigenvalue weighted by atomic mass is 16.3. The zero-order valence-corrected chi connectivity index (χ0v) is 19.1. The van der Waals surface area contributed by atoms with E-state index >= 15 is 0 Å². The summed E-state index contributed by atoms with van der Waals surface area (Å²) in [5, 5.41) is 18.0. The molecule has 4 aromatic rings. The topological polar surface area (TPSA) is 82.8 Å². The Hall–Kier alpha value is -3.81. The Morgan fingerprint density at radius 2 is 1.97 bits per heavy atom. The summed E-state index contributed by atoms with van der Waals surface area (Å²) < 4.78 is 1.66. The normalized spacial score (nSPS) is 17.0. The zero-order valence-electron chi connectivity index (χ0n) is 19.1. The van der Waals surface area contributed by atoms with Crippen molar-refractivity contribution in [2.75, 3.05) is 25.5 Å². The van der Waals surface area contributed by atoms with Gasteiger partial charge in [0.25, 0.3) is 0 Å². The van der Waals surface area contributed by atoms with Crippen molar-refractivity contribution < 1.29 is 9.90 Å². The second-order valence-electron chi connectivity index (χ2n) is 8.78. The average molecular weight is 451 g/mol. The average Bonchev–Trinajstić information content (AvgIpc) is 3.58. The molecule has 2 aromatic heterocycles. The Morgan fingerprint density at radius 1 is 1.21 bits per heavy atom. The summed E-state index contributed by atoms with van der Waals surface area (Å²) in [7, 11) is 7.94. The van der Waals surface area contributed by atoms with E-state index in [1.807, 2.05) is 48.3 Å². The first kappa shape index (κ1) is 22.0. The molecule has 2 aromatic carbocycles.